The van der Waals surface area contributed by atoms with Gasteiger partial charge in [-0.3, -0.25) is 15.1 Å². The fourth-order valence-electron chi connectivity index (χ4n) is 3.35. The second-order valence-corrected chi connectivity index (χ2v) is 9.02. The Balaban J connectivity index is 1.59. The molecule has 0 radical (unpaired) electrons. The topological polar surface area (TPSA) is 169 Å². The lowest BCUT2D eigenvalue weighted by molar-refractivity contribution is -0.142. The van der Waals surface area contributed by atoms with Crippen LogP contribution in [-0.4, -0.2) is 78.7 Å². The van der Waals surface area contributed by atoms with Crippen molar-refractivity contribution in [3.05, 3.63) is 70.2 Å². The van der Waals surface area contributed by atoms with Crippen molar-refractivity contribution in [1.82, 2.24) is 10.3 Å². The molecule has 0 saturated heterocycles. The number of carbonyl (C=O) groups excluding carboxylic acids is 1. The van der Waals surface area contributed by atoms with Gasteiger partial charge in [0.15, 0.2) is 0 Å². The van der Waals surface area contributed by atoms with Gasteiger partial charge in [0.2, 0.25) is 5.91 Å². The average molecular weight is 596 g/mol. The number of amides is 1. The molecule has 2 aromatic heterocycles. The number of pyridine rings is 1. The minimum Gasteiger partial charge on any atom is -0.480 e. The van der Waals surface area contributed by atoms with Gasteiger partial charge in [-0.15, -0.1) is 0 Å². The predicted octanol–water partition coefficient (Wildman–Crippen LogP) is 3.58. The molecule has 14 heteroatoms. The molecular formula is C26H27Cl2N3O9. The van der Waals surface area contributed by atoms with E-state index in [0.29, 0.717) is 27.1 Å². The first-order chi connectivity index (χ1) is 19.2. The van der Waals surface area contributed by atoms with E-state index in [2.05, 4.69) is 15.6 Å². The molecule has 0 spiro atoms. The van der Waals surface area contributed by atoms with Gasteiger partial charge in [-0.2, -0.15) is 0 Å². The van der Waals surface area contributed by atoms with Crippen LogP contribution in [0.25, 0.3) is 11.3 Å². The summed E-state index contributed by atoms with van der Waals surface area (Å²) >= 11 is 12.3. The first kappa shape index (κ1) is 31.0. The summed E-state index contributed by atoms with van der Waals surface area (Å²) in [7, 11) is 0. The summed E-state index contributed by atoms with van der Waals surface area (Å²) in [5, 5.41) is 24.5. The van der Waals surface area contributed by atoms with Gasteiger partial charge in [0, 0.05) is 23.0 Å². The van der Waals surface area contributed by atoms with E-state index < -0.39 is 30.5 Å². The van der Waals surface area contributed by atoms with E-state index in [9.17, 15) is 19.5 Å². The van der Waals surface area contributed by atoms with Gasteiger partial charge in [-0.05, 0) is 36.4 Å². The third-order valence-electron chi connectivity index (χ3n) is 5.26. The highest BCUT2D eigenvalue weighted by molar-refractivity contribution is 6.35. The molecule has 0 fully saturated rings. The minimum absolute atomic E-state index is 0.0775. The molecule has 3 aromatic rings. The number of halogens is 2. The summed E-state index contributed by atoms with van der Waals surface area (Å²) < 4.78 is 21.7. The summed E-state index contributed by atoms with van der Waals surface area (Å²) in [6.45, 7) is 0.259. The number of anilines is 1. The second kappa shape index (κ2) is 15.9. The molecule has 4 N–H and O–H groups in total. The maximum atomic E-state index is 13.1. The average Bonchev–Trinajstić information content (AvgIpc) is 3.39. The molecule has 0 saturated carbocycles. The summed E-state index contributed by atoms with van der Waals surface area (Å²) in [5.41, 5.74) is 0.535. The highest BCUT2D eigenvalue weighted by atomic mass is 35.5. The van der Waals surface area contributed by atoms with Crippen LogP contribution in [0.3, 0.4) is 0 Å². The second-order valence-electron chi connectivity index (χ2n) is 8.17. The van der Waals surface area contributed by atoms with Gasteiger partial charge in [0.25, 0.3) is 0 Å². The van der Waals surface area contributed by atoms with Crippen molar-refractivity contribution in [3.63, 3.8) is 0 Å². The van der Waals surface area contributed by atoms with E-state index in [1.54, 1.807) is 30.3 Å². The summed E-state index contributed by atoms with van der Waals surface area (Å²) in [4.78, 5) is 38.8. The molecule has 1 aromatic carbocycles. The number of benzene rings is 1. The molecule has 0 bridgehead atoms. The zero-order valence-electron chi connectivity index (χ0n) is 21.1. The Hall–Kier alpha value is -3.52. The lowest BCUT2D eigenvalue weighted by atomic mass is 10.2. The largest absolute Gasteiger partial charge is 0.480 e. The lowest BCUT2D eigenvalue weighted by Crippen LogP contribution is -2.44. The van der Waals surface area contributed by atoms with Crippen molar-refractivity contribution < 1.29 is 43.2 Å². The number of hydrogen-bond donors (Lipinski definition) is 4. The number of aliphatic carboxylic acids is 1. The van der Waals surface area contributed by atoms with Crippen molar-refractivity contribution in [2.24, 2.45) is 0 Å². The Morgan fingerprint density at radius 2 is 1.73 bits per heavy atom. The molecule has 0 aliphatic heterocycles. The third kappa shape index (κ3) is 9.90. The van der Waals surface area contributed by atoms with Crippen LogP contribution in [0, 0.1) is 0 Å². The van der Waals surface area contributed by atoms with Crippen LogP contribution >= 0.6 is 23.2 Å². The van der Waals surface area contributed by atoms with Gasteiger partial charge < -0.3 is 34.2 Å². The van der Waals surface area contributed by atoms with E-state index >= 15 is 0 Å². The van der Waals surface area contributed by atoms with Crippen LogP contribution in [0.2, 0.25) is 10.0 Å². The molecule has 214 valence electrons. The smallest absolute Gasteiger partial charge is 0.339 e. The fraction of sp³-hybridized carbons (Fsp3) is 0.308. The molecule has 1 atom stereocenters. The van der Waals surface area contributed by atoms with E-state index in [4.69, 9.17) is 46.9 Å². The monoisotopic (exact) mass is 595 g/mol. The van der Waals surface area contributed by atoms with Crippen LogP contribution in [0.15, 0.2) is 53.2 Å². The van der Waals surface area contributed by atoms with Crippen LogP contribution in [0.5, 0.6) is 0 Å². The molecule has 3 rings (SSSR count). The Morgan fingerprint density at radius 1 is 0.975 bits per heavy atom. The van der Waals surface area contributed by atoms with Crippen molar-refractivity contribution in [3.8, 4) is 11.3 Å². The van der Waals surface area contributed by atoms with E-state index in [1.807, 2.05) is 0 Å². The van der Waals surface area contributed by atoms with Gasteiger partial charge in [-0.1, -0.05) is 23.2 Å². The molecule has 2 heterocycles. The molecule has 12 nitrogen and oxygen atoms in total. The van der Waals surface area contributed by atoms with Crippen LogP contribution in [0.1, 0.15) is 16.1 Å². The number of aromatic nitrogens is 1. The third-order valence-corrected chi connectivity index (χ3v) is 5.82. The summed E-state index contributed by atoms with van der Waals surface area (Å²) in [6.07, 6.45) is 2.50. The predicted molar refractivity (Wildman–Crippen MR) is 145 cm³/mol. The van der Waals surface area contributed by atoms with E-state index in [-0.39, 0.29) is 50.8 Å². The highest BCUT2D eigenvalue weighted by Crippen LogP contribution is 2.31. The molecule has 0 aliphatic carbocycles. The summed E-state index contributed by atoms with van der Waals surface area (Å²) in [6, 6.07) is 8.94. The molecule has 0 aliphatic rings. The van der Waals surface area contributed by atoms with E-state index in [0.717, 1.165) is 6.20 Å². The molecule has 40 heavy (non-hydrogen) atoms. The first-order valence-electron chi connectivity index (χ1n) is 11.9. The van der Waals surface area contributed by atoms with Gasteiger partial charge >= 0.3 is 11.9 Å². The standard InChI is InChI=1S/C26H27Cl2N3O9/c27-16-1-3-20(28)18(11-16)23-4-2-17(40-23)12-30-22(14-38-9-7-37-8-10-39-15-24(32)33)25(34)31-21-5-6-29-13-19(21)26(35)36/h1-6,11,13,22,30H,7-10,12,14-15H2,(H,32,33)(H,35,36)(H,29,31,34). The van der Waals surface area contributed by atoms with Crippen LogP contribution < -0.4 is 10.6 Å². The number of carboxylic acid groups (broad SMARTS) is 2. The number of furan rings is 1. The maximum Gasteiger partial charge on any atom is 0.339 e. The molecular weight excluding hydrogens is 569 g/mol. The maximum absolute atomic E-state index is 13.1. The zero-order chi connectivity index (χ0) is 28.9. The van der Waals surface area contributed by atoms with Gasteiger partial charge in [0.1, 0.15) is 29.7 Å². The molecule has 1 amide bonds. The minimum atomic E-state index is -1.24. The van der Waals surface area contributed by atoms with Crippen molar-refractivity contribution in [2.45, 2.75) is 12.6 Å². The Morgan fingerprint density at radius 3 is 2.48 bits per heavy atom. The van der Waals surface area contributed by atoms with Crippen LogP contribution in [0.4, 0.5) is 5.69 Å². The van der Waals surface area contributed by atoms with Crippen LogP contribution in [-0.2, 0) is 30.3 Å². The fourth-order valence-corrected chi connectivity index (χ4v) is 3.73. The number of hydrogen-bond acceptors (Lipinski definition) is 9. The Bertz CT molecular complexity index is 1300. The van der Waals surface area contributed by atoms with Crippen molar-refractivity contribution >= 4 is 46.7 Å². The van der Waals surface area contributed by atoms with Crippen molar-refractivity contribution in [1.29, 1.82) is 0 Å². The number of carboxylic acids is 2. The van der Waals surface area contributed by atoms with Gasteiger partial charge in [-0.25, -0.2) is 9.59 Å². The number of nitrogens with one attached hydrogen (secondary N) is 2. The number of ether oxygens (including phenoxy) is 3. The number of nitrogens with zero attached hydrogens (tertiary/aromatic N) is 1. The van der Waals surface area contributed by atoms with E-state index in [1.165, 1.54) is 12.3 Å². The Kier molecular flexibility index (Phi) is 12.3. The normalized spacial score (nSPS) is 11.8. The lowest BCUT2D eigenvalue weighted by Gasteiger charge is -2.19. The Labute approximate surface area is 239 Å². The number of aromatic carboxylic acids is 1. The molecule has 1 unspecified atom stereocenters. The number of rotatable bonds is 17. The summed E-state index contributed by atoms with van der Waals surface area (Å²) in [5.74, 6) is -1.85. The van der Waals surface area contributed by atoms with Crippen molar-refractivity contribution in [2.75, 3.05) is 45.0 Å². The quantitative estimate of drug-likeness (QED) is 0.168. The number of carbonyl (C=O) groups is 3. The highest BCUT2D eigenvalue weighted by Gasteiger charge is 2.22. The zero-order valence-corrected chi connectivity index (χ0v) is 22.6. The SMILES string of the molecule is O=C(O)COCCOCCOCC(NCc1ccc(-c2cc(Cl)ccc2Cl)o1)C(=O)Nc1ccncc1C(=O)O. The van der Waals surface area contributed by atoms with Gasteiger partial charge in [0.05, 0.1) is 50.3 Å². The first-order valence-corrected chi connectivity index (χ1v) is 12.7.